The number of carbonyl (C=O) groups excluding carboxylic acids is 1. The van der Waals surface area contributed by atoms with E-state index in [0.29, 0.717) is 6.61 Å². The molecule has 0 amide bonds. The molecule has 0 aromatic heterocycles. The summed E-state index contributed by atoms with van der Waals surface area (Å²) in [6.45, 7) is 2.21. The highest BCUT2D eigenvalue weighted by atomic mass is 16.5. The van der Waals surface area contributed by atoms with Crippen LogP contribution >= 0.6 is 0 Å². The molecule has 0 radical (unpaired) electrons. The zero-order valence-electron chi connectivity index (χ0n) is 10.3. The summed E-state index contributed by atoms with van der Waals surface area (Å²) < 4.78 is 4.94. The third-order valence-electron chi connectivity index (χ3n) is 2.38. The Hall–Kier alpha value is -1.61. The molecular weight excluding hydrogens is 214 g/mol. The Bertz CT molecular complexity index is 360. The van der Waals surface area contributed by atoms with E-state index in [2.05, 4.69) is 17.4 Å². The van der Waals surface area contributed by atoms with E-state index in [9.17, 15) is 4.79 Å². The maximum absolute atomic E-state index is 11.5. The van der Waals surface area contributed by atoms with Gasteiger partial charge in [0.05, 0.1) is 6.61 Å². The lowest BCUT2D eigenvalue weighted by Gasteiger charge is -2.09. The zero-order valence-corrected chi connectivity index (χ0v) is 10.3. The first-order chi connectivity index (χ1) is 8.27. The fraction of sp³-hybridized carbons (Fsp3) is 0.357. The number of hydrogen-bond acceptors (Lipinski definition) is 3. The van der Waals surface area contributed by atoms with Crippen LogP contribution in [0.4, 0.5) is 0 Å². The van der Waals surface area contributed by atoms with Gasteiger partial charge < -0.3 is 10.1 Å². The summed E-state index contributed by atoms with van der Waals surface area (Å²) in [6.07, 6.45) is 4.64. The topological polar surface area (TPSA) is 38.3 Å². The predicted octanol–water partition coefficient (Wildman–Crippen LogP) is 1.94. The van der Waals surface area contributed by atoms with Gasteiger partial charge in [-0.05, 0) is 26.0 Å². The lowest BCUT2D eigenvalue weighted by atomic mass is 10.1. The molecule has 0 aliphatic heterocycles. The van der Waals surface area contributed by atoms with Crippen LogP contribution in [0.3, 0.4) is 0 Å². The Morgan fingerprint density at radius 1 is 1.41 bits per heavy atom. The monoisotopic (exact) mass is 233 g/mol. The molecule has 0 saturated heterocycles. The minimum Gasteiger partial charge on any atom is -0.465 e. The number of rotatable bonds is 6. The van der Waals surface area contributed by atoms with Gasteiger partial charge in [0, 0.05) is 0 Å². The molecule has 0 bridgehead atoms. The van der Waals surface area contributed by atoms with Crippen LogP contribution in [0.5, 0.6) is 0 Å². The van der Waals surface area contributed by atoms with Gasteiger partial charge in [-0.2, -0.15) is 0 Å². The number of nitrogens with one attached hydrogen (secondary N) is 1. The van der Waals surface area contributed by atoms with Crippen LogP contribution in [0.2, 0.25) is 0 Å². The van der Waals surface area contributed by atoms with Crippen LogP contribution in [0.25, 0.3) is 0 Å². The molecule has 92 valence electrons. The van der Waals surface area contributed by atoms with Gasteiger partial charge in [0.1, 0.15) is 6.04 Å². The van der Waals surface area contributed by atoms with Crippen LogP contribution in [0.1, 0.15) is 12.5 Å². The Labute approximate surface area is 102 Å². The Morgan fingerprint density at radius 3 is 2.71 bits per heavy atom. The molecule has 0 unspecified atom stereocenters. The summed E-state index contributed by atoms with van der Waals surface area (Å²) >= 11 is 0. The third kappa shape index (κ3) is 4.83. The Morgan fingerprint density at radius 2 is 2.12 bits per heavy atom. The second-order valence-electron chi connectivity index (χ2n) is 3.64. The Kier molecular flexibility index (Phi) is 6.04. The van der Waals surface area contributed by atoms with Crippen molar-refractivity contribution in [2.45, 2.75) is 19.4 Å². The molecule has 1 atom stereocenters. The van der Waals surface area contributed by atoms with Gasteiger partial charge >= 0.3 is 5.97 Å². The van der Waals surface area contributed by atoms with E-state index in [4.69, 9.17) is 4.74 Å². The molecule has 1 rings (SSSR count). The molecule has 1 aromatic rings. The van der Waals surface area contributed by atoms with E-state index in [0.717, 1.165) is 6.42 Å². The summed E-state index contributed by atoms with van der Waals surface area (Å²) in [5.41, 5.74) is 1.22. The highest BCUT2D eigenvalue weighted by Gasteiger charge is 2.12. The predicted molar refractivity (Wildman–Crippen MR) is 68.8 cm³/mol. The maximum Gasteiger partial charge on any atom is 0.327 e. The number of esters is 1. The molecular formula is C14H19NO2. The van der Waals surface area contributed by atoms with Crippen molar-refractivity contribution in [2.75, 3.05) is 13.7 Å². The summed E-state index contributed by atoms with van der Waals surface area (Å²) in [4.78, 5) is 11.5. The van der Waals surface area contributed by atoms with E-state index in [-0.39, 0.29) is 12.0 Å². The lowest BCUT2D eigenvalue weighted by molar-refractivity contribution is -0.144. The first-order valence-corrected chi connectivity index (χ1v) is 5.82. The van der Waals surface area contributed by atoms with E-state index < -0.39 is 0 Å². The van der Waals surface area contributed by atoms with Gasteiger partial charge in [-0.25, -0.2) is 0 Å². The summed E-state index contributed by atoms with van der Waals surface area (Å²) in [7, 11) is 1.74. The number of likely N-dealkylation sites (N-methyl/N-ethyl adjacent to an activating group) is 1. The molecule has 1 N–H and O–H groups in total. The van der Waals surface area contributed by atoms with Crippen molar-refractivity contribution < 1.29 is 9.53 Å². The average Bonchev–Trinajstić information content (AvgIpc) is 2.36. The number of benzene rings is 1. The fourth-order valence-corrected chi connectivity index (χ4v) is 1.48. The summed E-state index contributed by atoms with van der Waals surface area (Å²) in [5, 5.41) is 2.91. The van der Waals surface area contributed by atoms with Crippen molar-refractivity contribution in [1.82, 2.24) is 5.32 Å². The molecule has 0 heterocycles. The molecule has 0 saturated carbocycles. The van der Waals surface area contributed by atoms with Crippen LogP contribution in [0.15, 0.2) is 42.5 Å². The summed E-state index contributed by atoms with van der Waals surface area (Å²) in [6, 6.07) is 9.75. The van der Waals surface area contributed by atoms with Crippen molar-refractivity contribution in [3.8, 4) is 0 Å². The molecule has 3 heteroatoms. The van der Waals surface area contributed by atoms with E-state index in [1.807, 2.05) is 30.4 Å². The number of ether oxygens (including phenoxy) is 1. The van der Waals surface area contributed by atoms with Crippen molar-refractivity contribution in [2.24, 2.45) is 0 Å². The van der Waals surface area contributed by atoms with Gasteiger partial charge in [-0.1, -0.05) is 42.5 Å². The molecule has 0 fully saturated rings. The van der Waals surface area contributed by atoms with Gasteiger partial charge in [0.25, 0.3) is 0 Å². The largest absolute Gasteiger partial charge is 0.465 e. The maximum atomic E-state index is 11.5. The first kappa shape index (κ1) is 13.5. The quantitative estimate of drug-likeness (QED) is 0.603. The van der Waals surface area contributed by atoms with Gasteiger partial charge in [0.15, 0.2) is 0 Å². The second-order valence-corrected chi connectivity index (χ2v) is 3.64. The number of carbonyl (C=O) groups is 1. The van der Waals surface area contributed by atoms with Crippen molar-refractivity contribution >= 4 is 5.97 Å². The lowest BCUT2D eigenvalue weighted by Crippen LogP contribution is -2.33. The van der Waals surface area contributed by atoms with Crippen LogP contribution < -0.4 is 5.32 Å². The highest BCUT2D eigenvalue weighted by Crippen LogP contribution is 2.01. The van der Waals surface area contributed by atoms with Crippen molar-refractivity contribution in [3.05, 3.63) is 48.0 Å². The van der Waals surface area contributed by atoms with Crippen LogP contribution in [-0.2, 0) is 16.0 Å². The first-order valence-electron chi connectivity index (χ1n) is 5.82. The fourth-order valence-electron chi connectivity index (χ4n) is 1.48. The second kappa shape index (κ2) is 7.63. The normalized spacial score (nSPS) is 12.6. The summed E-state index contributed by atoms with van der Waals surface area (Å²) in [5.74, 6) is -0.237. The smallest absolute Gasteiger partial charge is 0.327 e. The van der Waals surface area contributed by atoms with Crippen molar-refractivity contribution in [1.29, 1.82) is 0 Å². The van der Waals surface area contributed by atoms with Gasteiger partial charge in [0.2, 0.25) is 0 Å². The highest BCUT2D eigenvalue weighted by molar-refractivity contribution is 5.77. The van der Waals surface area contributed by atoms with Gasteiger partial charge in [-0.15, -0.1) is 0 Å². The molecule has 3 nitrogen and oxygen atoms in total. The van der Waals surface area contributed by atoms with E-state index >= 15 is 0 Å². The minimum atomic E-state index is -0.362. The minimum absolute atomic E-state index is 0.237. The number of allylic oxidation sites excluding steroid dienone is 1. The van der Waals surface area contributed by atoms with E-state index in [1.165, 1.54) is 5.56 Å². The van der Waals surface area contributed by atoms with Crippen LogP contribution in [0, 0.1) is 0 Å². The Balaban J connectivity index is 2.48. The molecule has 17 heavy (non-hydrogen) atoms. The average molecular weight is 233 g/mol. The standard InChI is InChI=1S/C14H19NO2/c1-3-17-14(16)13(15-2)11-7-10-12-8-5-4-6-9-12/h4-9,11,13,15H,3,10H2,1-2H3/b11-7-/t13-/m1/s1. The molecule has 1 aromatic carbocycles. The molecule has 0 aliphatic carbocycles. The zero-order chi connectivity index (χ0) is 12.5. The molecule has 0 spiro atoms. The third-order valence-corrected chi connectivity index (χ3v) is 2.38. The SMILES string of the molecule is CCOC(=O)[C@@H](/C=C\Cc1ccccc1)NC. The van der Waals surface area contributed by atoms with Gasteiger partial charge in [-0.3, -0.25) is 4.79 Å². The van der Waals surface area contributed by atoms with E-state index in [1.54, 1.807) is 14.0 Å². The van der Waals surface area contributed by atoms with Crippen LogP contribution in [-0.4, -0.2) is 25.7 Å². The van der Waals surface area contributed by atoms with Crippen molar-refractivity contribution in [3.63, 3.8) is 0 Å². The number of hydrogen-bond donors (Lipinski definition) is 1. The molecule has 0 aliphatic rings.